The van der Waals surface area contributed by atoms with Gasteiger partial charge in [-0.25, -0.2) is 24.9 Å². The molecule has 48 heavy (non-hydrogen) atoms. The highest BCUT2D eigenvalue weighted by Gasteiger charge is 2.20. The summed E-state index contributed by atoms with van der Waals surface area (Å²) in [4.78, 5) is 24.8. The van der Waals surface area contributed by atoms with Crippen molar-refractivity contribution in [1.29, 1.82) is 5.26 Å². The maximum atomic E-state index is 9.64. The summed E-state index contributed by atoms with van der Waals surface area (Å²) in [5.41, 5.74) is 9.36. The summed E-state index contributed by atoms with van der Waals surface area (Å²) in [5.74, 6) is 1.33. The van der Waals surface area contributed by atoms with Crippen molar-refractivity contribution in [3.63, 3.8) is 0 Å². The molecule has 7 aromatic rings. The fourth-order valence-electron chi connectivity index (χ4n) is 5.48. The molecular weight excluding hydrogens is 589 g/mol. The Labute approximate surface area is 279 Å². The van der Waals surface area contributed by atoms with Gasteiger partial charge in [0.15, 0.2) is 17.5 Å². The van der Waals surface area contributed by atoms with Crippen LogP contribution in [0.5, 0.6) is 0 Å². The van der Waals surface area contributed by atoms with Gasteiger partial charge in [0.2, 0.25) is 0 Å². The summed E-state index contributed by atoms with van der Waals surface area (Å²) < 4.78 is 0. The maximum absolute atomic E-state index is 9.64. The summed E-state index contributed by atoms with van der Waals surface area (Å²) >= 11 is 0. The van der Waals surface area contributed by atoms with E-state index in [2.05, 4.69) is 67.8 Å². The lowest BCUT2D eigenvalue weighted by atomic mass is 10.0. The van der Waals surface area contributed by atoms with Gasteiger partial charge in [-0.2, -0.15) is 5.26 Å². The molecule has 0 aliphatic heterocycles. The number of nitriles is 1. The summed E-state index contributed by atoms with van der Waals surface area (Å²) in [5, 5.41) is 9.64. The number of hydrogen-bond acceptors (Lipinski definition) is 6. The fraction of sp³-hybridized carbons (Fsp3) is 0. The Morgan fingerprint density at radius 2 is 0.833 bits per heavy atom. The number of rotatable bonds is 8. The lowest BCUT2D eigenvalue weighted by Gasteiger charge is -2.13. The Bertz CT molecular complexity index is 2200. The van der Waals surface area contributed by atoms with Gasteiger partial charge in [-0.05, 0) is 46.5 Å². The molecule has 7 rings (SSSR count). The van der Waals surface area contributed by atoms with E-state index in [-0.39, 0.29) is 0 Å². The van der Waals surface area contributed by atoms with E-state index >= 15 is 0 Å². The van der Waals surface area contributed by atoms with Crippen LogP contribution >= 0.6 is 0 Å². The minimum atomic E-state index is 0.345. The average Bonchev–Trinajstić information content (AvgIpc) is 3.18. The lowest BCUT2D eigenvalue weighted by molar-refractivity contribution is 1.05. The molecule has 2 aromatic heterocycles. The molecule has 0 saturated heterocycles. The number of hydrogen-bond donors (Lipinski definition) is 0. The second kappa shape index (κ2) is 13.3. The van der Waals surface area contributed by atoms with E-state index in [0.29, 0.717) is 51.4 Å². The quantitative estimate of drug-likeness (QED) is 0.169. The van der Waals surface area contributed by atoms with E-state index in [4.69, 9.17) is 24.9 Å². The van der Waals surface area contributed by atoms with Gasteiger partial charge in [0.05, 0.1) is 23.0 Å². The van der Waals surface area contributed by atoms with E-state index in [0.717, 1.165) is 33.4 Å². The molecule has 0 atom stereocenters. The topological polar surface area (TPSA) is 88.2 Å². The lowest BCUT2D eigenvalue weighted by Crippen LogP contribution is -2.05. The fourth-order valence-corrected chi connectivity index (χ4v) is 5.48. The Morgan fingerprint density at radius 3 is 1.31 bits per heavy atom. The molecule has 0 bridgehead atoms. The minimum Gasteiger partial charge on any atom is -0.244 e. The van der Waals surface area contributed by atoms with Crippen LogP contribution in [0.1, 0.15) is 17.0 Å². The SMILES string of the molecule is C=Cc1nc(-c2cccc(C#N)c2)c(-c2nc(-c3ccc(-c4ccccc4)cc3)nc(-c3ccc(-c4ccccc4)cc3)n2)nc1C=C. The van der Waals surface area contributed by atoms with Gasteiger partial charge in [-0.15, -0.1) is 0 Å². The highest BCUT2D eigenvalue weighted by Crippen LogP contribution is 2.33. The van der Waals surface area contributed by atoms with E-state index in [1.54, 1.807) is 24.3 Å². The molecule has 0 aliphatic rings. The zero-order chi connectivity index (χ0) is 32.9. The van der Waals surface area contributed by atoms with Crippen molar-refractivity contribution in [1.82, 2.24) is 24.9 Å². The molecule has 6 nitrogen and oxygen atoms in total. The van der Waals surface area contributed by atoms with E-state index in [1.807, 2.05) is 72.8 Å². The third kappa shape index (κ3) is 6.04. The Kier molecular flexibility index (Phi) is 8.24. The molecule has 0 unspecified atom stereocenters. The van der Waals surface area contributed by atoms with Gasteiger partial charge >= 0.3 is 0 Å². The highest BCUT2D eigenvalue weighted by molar-refractivity contribution is 5.80. The number of benzene rings is 5. The molecule has 226 valence electrons. The van der Waals surface area contributed by atoms with Gasteiger partial charge in [-0.3, -0.25) is 0 Å². The molecule has 0 radical (unpaired) electrons. The van der Waals surface area contributed by atoms with Crippen LogP contribution in [0.15, 0.2) is 147 Å². The van der Waals surface area contributed by atoms with Crippen molar-refractivity contribution in [3.8, 4) is 73.9 Å². The van der Waals surface area contributed by atoms with E-state index < -0.39 is 0 Å². The Balaban J connectivity index is 1.42. The molecule has 0 fully saturated rings. The highest BCUT2D eigenvalue weighted by atomic mass is 15.1. The van der Waals surface area contributed by atoms with Crippen LogP contribution in [-0.2, 0) is 0 Å². The molecule has 0 N–H and O–H groups in total. The maximum Gasteiger partial charge on any atom is 0.184 e. The van der Waals surface area contributed by atoms with Crippen LogP contribution in [-0.4, -0.2) is 24.9 Å². The zero-order valence-corrected chi connectivity index (χ0v) is 26.0. The first kappa shape index (κ1) is 29.8. The first-order valence-corrected chi connectivity index (χ1v) is 15.4. The summed E-state index contributed by atoms with van der Waals surface area (Å²) in [7, 11) is 0. The standard InChI is InChI=1S/C42H28N6/c1-3-36-37(4-2)45-39(38(44-36)35-17-11-12-28(26-35)27-43)42-47-40(33-22-18-31(19-23-33)29-13-7-5-8-14-29)46-41(48-42)34-24-20-32(21-25-34)30-15-9-6-10-16-30/h3-26H,1-2H2. The van der Waals surface area contributed by atoms with Crippen LogP contribution in [0.4, 0.5) is 0 Å². The number of nitrogens with zero attached hydrogens (tertiary/aromatic N) is 6. The largest absolute Gasteiger partial charge is 0.244 e. The predicted octanol–water partition coefficient (Wildman–Crippen LogP) is 9.82. The van der Waals surface area contributed by atoms with Gasteiger partial charge in [-0.1, -0.05) is 134 Å². The van der Waals surface area contributed by atoms with Gasteiger partial charge in [0.25, 0.3) is 0 Å². The van der Waals surface area contributed by atoms with Crippen molar-refractivity contribution in [2.24, 2.45) is 0 Å². The molecule has 0 amide bonds. The van der Waals surface area contributed by atoms with Crippen molar-refractivity contribution < 1.29 is 0 Å². The second-order valence-corrected chi connectivity index (χ2v) is 11.0. The Hall–Kier alpha value is -6.84. The summed E-state index contributed by atoms with van der Waals surface area (Å²) in [6.45, 7) is 7.89. The van der Waals surface area contributed by atoms with Crippen LogP contribution in [0, 0.1) is 11.3 Å². The normalized spacial score (nSPS) is 10.6. The van der Waals surface area contributed by atoms with E-state index in [1.165, 1.54) is 0 Å². The summed E-state index contributed by atoms with van der Waals surface area (Å²) in [6.07, 6.45) is 3.27. The third-order valence-corrected chi connectivity index (χ3v) is 7.95. The van der Waals surface area contributed by atoms with Crippen molar-refractivity contribution in [3.05, 3.63) is 164 Å². The number of aromatic nitrogens is 5. The summed E-state index contributed by atoms with van der Waals surface area (Å²) in [6, 6.07) is 46.2. The van der Waals surface area contributed by atoms with E-state index in [9.17, 15) is 5.26 Å². The molecular formula is C42H28N6. The van der Waals surface area contributed by atoms with Crippen LogP contribution < -0.4 is 0 Å². The van der Waals surface area contributed by atoms with Crippen molar-refractivity contribution >= 4 is 12.2 Å². The second-order valence-electron chi connectivity index (χ2n) is 11.0. The Morgan fingerprint density at radius 1 is 0.417 bits per heavy atom. The minimum absolute atomic E-state index is 0.345. The third-order valence-electron chi connectivity index (χ3n) is 7.95. The first-order chi connectivity index (χ1) is 23.6. The van der Waals surface area contributed by atoms with Gasteiger partial charge in [0.1, 0.15) is 11.4 Å². The van der Waals surface area contributed by atoms with Gasteiger partial charge < -0.3 is 0 Å². The predicted molar refractivity (Wildman–Crippen MR) is 193 cm³/mol. The average molecular weight is 617 g/mol. The zero-order valence-electron chi connectivity index (χ0n) is 26.0. The smallest absolute Gasteiger partial charge is 0.184 e. The van der Waals surface area contributed by atoms with Crippen LogP contribution in [0.25, 0.3) is 80.0 Å². The molecule has 0 aliphatic carbocycles. The first-order valence-electron chi connectivity index (χ1n) is 15.4. The molecule has 5 aromatic carbocycles. The van der Waals surface area contributed by atoms with Crippen LogP contribution in [0.2, 0.25) is 0 Å². The van der Waals surface area contributed by atoms with Crippen molar-refractivity contribution in [2.45, 2.75) is 0 Å². The van der Waals surface area contributed by atoms with Crippen molar-refractivity contribution in [2.75, 3.05) is 0 Å². The molecule has 0 saturated carbocycles. The molecule has 6 heteroatoms. The van der Waals surface area contributed by atoms with Crippen LogP contribution in [0.3, 0.4) is 0 Å². The van der Waals surface area contributed by atoms with Gasteiger partial charge in [0, 0.05) is 16.7 Å². The monoisotopic (exact) mass is 616 g/mol. The molecule has 2 heterocycles. The molecule has 0 spiro atoms.